The Balaban J connectivity index is 2.96. The molecule has 98 valence electrons. The first-order valence-corrected chi connectivity index (χ1v) is 13.0. The van der Waals surface area contributed by atoms with Crippen molar-refractivity contribution in [3.05, 3.63) is 25.1 Å². The second kappa shape index (κ2) is 6.82. The minimum absolute atomic E-state index is 0.164. The standard InChI is InChI=1S/C6HCl5N.C3H9OSi.Zn/c7-1-2(8)4(10)6(12)5(11)3(1)9;1-5(2,3)4;/h12H;1-3H3;/q2*-1;+2. The van der Waals surface area contributed by atoms with Crippen LogP contribution in [0.1, 0.15) is 0 Å². The summed E-state index contributed by atoms with van der Waals surface area (Å²) in [6.45, 7) is 6.35. The topological polar surface area (TPSA) is 21.3 Å². The van der Waals surface area contributed by atoms with Gasteiger partial charge in [0.25, 0.3) is 0 Å². The van der Waals surface area contributed by atoms with Crippen molar-refractivity contribution < 1.29 is 21.0 Å². The molecule has 0 bridgehead atoms. The Kier molecular flexibility index (Phi) is 6.56. The summed E-state index contributed by atoms with van der Waals surface area (Å²) in [6.07, 6.45) is 0. The van der Waals surface area contributed by atoms with Gasteiger partial charge in [-0.2, -0.15) is 0 Å². The molecule has 0 saturated heterocycles. The van der Waals surface area contributed by atoms with Gasteiger partial charge in [0, 0.05) is 0 Å². The van der Waals surface area contributed by atoms with Crippen molar-refractivity contribution in [2.45, 2.75) is 19.6 Å². The van der Waals surface area contributed by atoms with Gasteiger partial charge in [0.15, 0.2) is 0 Å². The van der Waals surface area contributed by atoms with E-state index in [0.717, 1.165) is 0 Å². The van der Waals surface area contributed by atoms with Crippen LogP contribution < -0.4 is 4.06 Å². The van der Waals surface area contributed by atoms with E-state index < -0.39 is 26.0 Å². The molecule has 0 unspecified atom stereocenters. The summed E-state index contributed by atoms with van der Waals surface area (Å²) in [5.41, 5.74) is 0.510. The van der Waals surface area contributed by atoms with Crippen LogP contribution in [0.25, 0.3) is 0 Å². The van der Waals surface area contributed by atoms with Crippen molar-refractivity contribution in [1.82, 2.24) is 0 Å². The summed E-state index contributed by atoms with van der Waals surface area (Å²) in [5, 5.41) is 1.12. The molecular weight excluding hydrogens is 409 g/mol. The summed E-state index contributed by atoms with van der Waals surface area (Å²) in [4.78, 5) is 0. The molecule has 0 atom stereocenters. The molecule has 9 heteroatoms. The van der Waals surface area contributed by atoms with Crippen LogP contribution in [0.3, 0.4) is 0 Å². The van der Waals surface area contributed by atoms with Crippen LogP contribution in [0.4, 0.5) is 5.69 Å². The predicted molar refractivity (Wildman–Crippen MR) is 79.5 cm³/mol. The molecule has 2 nitrogen and oxygen atoms in total. The normalized spacial score (nSPS) is 11.3. The molecule has 0 spiro atoms. The number of nitrogens with one attached hydrogen (secondary N) is 1. The maximum absolute atomic E-state index is 6.09. The summed E-state index contributed by atoms with van der Waals surface area (Å²) in [5.74, 6) is 0. The number of hydrogen-bond acceptors (Lipinski definition) is 2. The summed E-state index contributed by atoms with van der Waals surface area (Å²) in [6, 6.07) is 0. The predicted octanol–water partition coefficient (Wildman–Crippen LogP) is 6.13. The van der Waals surface area contributed by atoms with Gasteiger partial charge in [-0.3, -0.25) is 0 Å². The van der Waals surface area contributed by atoms with Gasteiger partial charge >= 0.3 is 142 Å². The zero-order valence-electron chi connectivity index (χ0n) is 10.0. The number of hydrogen-bond donors (Lipinski definition) is 1. The Morgan fingerprint density at radius 3 is 1.61 bits per heavy atom. The van der Waals surface area contributed by atoms with E-state index in [9.17, 15) is 0 Å². The molecule has 0 fully saturated rings. The van der Waals surface area contributed by atoms with Crippen molar-refractivity contribution in [2.24, 2.45) is 0 Å². The molecule has 0 radical (unpaired) electrons. The van der Waals surface area contributed by atoms with Crippen molar-refractivity contribution in [3.63, 3.8) is 0 Å². The first-order valence-electron chi connectivity index (χ1n) is 5.04. The molecule has 0 heterocycles. The fraction of sp³-hybridized carbons (Fsp3) is 0.333. The number of halogens is 5. The maximum atomic E-state index is 6.09. The average Bonchev–Trinajstić information content (AvgIpc) is 2.27. The van der Waals surface area contributed by atoms with Gasteiger partial charge in [0.05, 0.1) is 0 Å². The van der Waals surface area contributed by atoms with Crippen LogP contribution in [0, 0.1) is 0 Å². The molecule has 1 rings (SSSR count). The Morgan fingerprint density at radius 1 is 0.833 bits per heavy atom. The van der Waals surface area contributed by atoms with Crippen LogP contribution >= 0.6 is 58.0 Å². The van der Waals surface area contributed by atoms with Gasteiger partial charge in [-0.1, -0.05) is 0 Å². The van der Waals surface area contributed by atoms with E-state index in [2.05, 4.69) is 23.7 Å². The van der Waals surface area contributed by atoms with E-state index in [4.69, 9.17) is 61.3 Å². The molecule has 0 amide bonds. The van der Waals surface area contributed by atoms with Gasteiger partial charge in [-0.15, -0.1) is 0 Å². The third-order valence-corrected chi connectivity index (χ3v) is 12.7. The molecule has 1 aromatic carbocycles. The molecule has 0 aromatic heterocycles. The monoisotopic (exact) mass is 415 g/mol. The number of benzene rings is 1. The van der Waals surface area contributed by atoms with Crippen LogP contribution in [0.5, 0.6) is 0 Å². The Bertz CT molecular complexity index is 436. The van der Waals surface area contributed by atoms with Crippen LogP contribution in [0.15, 0.2) is 0 Å². The fourth-order valence-electron chi connectivity index (χ4n) is 1.08. The summed E-state index contributed by atoms with van der Waals surface area (Å²) >= 11 is 28.6. The Morgan fingerprint density at radius 2 is 1.22 bits per heavy atom. The Labute approximate surface area is 141 Å². The summed E-state index contributed by atoms with van der Waals surface area (Å²) in [7, 11) is -1.54. The zero-order chi connectivity index (χ0) is 14.1. The molecule has 1 N–H and O–H groups in total. The Hall–Kier alpha value is 1.27. The molecule has 0 aliphatic heterocycles. The summed E-state index contributed by atoms with van der Waals surface area (Å²) < 4.78 is 8.99. The van der Waals surface area contributed by atoms with Crippen molar-refractivity contribution in [3.8, 4) is 0 Å². The molecule has 0 saturated carbocycles. The van der Waals surface area contributed by atoms with Crippen LogP contribution in [0.2, 0.25) is 44.8 Å². The van der Waals surface area contributed by atoms with Gasteiger partial charge < -0.3 is 0 Å². The van der Waals surface area contributed by atoms with Gasteiger partial charge in [0.1, 0.15) is 0 Å². The van der Waals surface area contributed by atoms with Gasteiger partial charge in [0.2, 0.25) is 0 Å². The van der Waals surface area contributed by atoms with Gasteiger partial charge in [-0.05, 0) is 0 Å². The van der Waals surface area contributed by atoms with Crippen molar-refractivity contribution in [1.29, 1.82) is 0 Å². The number of rotatable bonds is 4. The first kappa shape index (κ1) is 17.3. The first-order chi connectivity index (χ1) is 8.15. The number of anilines is 1. The van der Waals surface area contributed by atoms with E-state index in [1.165, 1.54) is 0 Å². The molecule has 18 heavy (non-hydrogen) atoms. The van der Waals surface area contributed by atoms with E-state index >= 15 is 0 Å². The molecule has 0 aliphatic carbocycles. The van der Waals surface area contributed by atoms with Crippen molar-refractivity contribution >= 4 is 72.0 Å². The second-order valence-electron chi connectivity index (χ2n) is 4.52. The SMILES string of the molecule is C[Si](C)(C)[O][Zn][NH]c1c(Cl)c(Cl)c(Cl)c(Cl)c1Cl. The van der Waals surface area contributed by atoms with E-state index in [1.807, 2.05) is 0 Å². The van der Waals surface area contributed by atoms with Crippen molar-refractivity contribution in [2.75, 3.05) is 4.06 Å². The fourth-order valence-corrected chi connectivity index (χ4v) is 7.56. The van der Waals surface area contributed by atoms with Gasteiger partial charge in [-0.25, -0.2) is 0 Å². The average molecular weight is 419 g/mol. The molecule has 0 aliphatic rings. The second-order valence-corrected chi connectivity index (χ2v) is 14.1. The third-order valence-electron chi connectivity index (χ3n) is 1.96. The van der Waals surface area contributed by atoms with E-state index in [1.54, 1.807) is 0 Å². The minimum atomic E-state index is -1.54. The molecular formula is C9H10Cl5NOSiZn. The molecule has 1 aromatic rings. The van der Waals surface area contributed by atoms with E-state index in [0.29, 0.717) is 5.69 Å². The van der Waals surface area contributed by atoms with E-state index in [-0.39, 0.29) is 25.1 Å². The van der Waals surface area contributed by atoms with Crippen LogP contribution in [-0.4, -0.2) is 8.32 Å². The zero-order valence-corrected chi connectivity index (χ0v) is 17.8. The third kappa shape index (κ3) is 4.39. The van der Waals surface area contributed by atoms with Crippen LogP contribution in [-0.2, 0) is 21.0 Å². The quantitative estimate of drug-likeness (QED) is 0.361.